The lowest BCUT2D eigenvalue weighted by Crippen LogP contribution is -2.48. The Labute approximate surface area is 111 Å². The molecule has 108 valence electrons. The van der Waals surface area contributed by atoms with Gasteiger partial charge in [0.25, 0.3) is 0 Å². The van der Waals surface area contributed by atoms with Gasteiger partial charge in [0.15, 0.2) is 0 Å². The lowest BCUT2D eigenvalue weighted by molar-refractivity contribution is -0.142. The minimum atomic E-state index is -0.929. The molecule has 0 aromatic heterocycles. The number of nitrogens with zero attached hydrogens (tertiary/aromatic N) is 1. The molecule has 3 atom stereocenters. The second-order valence-corrected chi connectivity index (χ2v) is 5.09. The van der Waals surface area contributed by atoms with Crippen LogP contribution in [0, 0.1) is 11.8 Å². The lowest BCUT2D eigenvalue weighted by atomic mass is 10.0. The molecule has 2 aliphatic rings. The number of carboxylic acid groups (broad SMARTS) is 1. The van der Waals surface area contributed by atoms with Crippen LogP contribution in [-0.2, 0) is 14.3 Å². The largest absolute Gasteiger partial charge is 0.481 e. The van der Waals surface area contributed by atoms with Crippen LogP contribution in [0.25, 0.3) is 0 Å². The van der Waals surface area contributed by atoms with E-state index in [2.05, 4.69) is 5.32 Å². The summed E-state index contributed by atoms with van der Waals surface area (Å²) in [7, 11) is 1.65. The number of likely N-dealkylation sites (tertiary alicyclic amines) is 1. The molecule has 2 amide bonds. The SMILES string of the molecule is COCC1CCN(C(=O)NC2COCC2C(=O)O)C1. The molecule has 7 heteroatoms. The van der Waals surface area contributed by atoms with Crippen LogP contribution in [0.4, 0.5) is 4.79 Å². The predicted molar refractivity (Wildman–Crippen MR) is 65.8 cm³/mol. The van der Waals surface area contributed by atoms with Crippen LogP contribution < -0.4 is 5.32 Å². The molecule has 0 aliphatic carbocycles. The number of rotatable bonds is 4. The summed E-state index contributed by atoms with van der Waals surface area (Å²) in [6.07, 6.45) is 0.921. The van der Waals surface area contributed by atoms with Crippen LogP contribution in [0.3, 0.4) is 0 Å². The summed E-state index contributed by atoms with van der Waals surface area (Å²) in [5.41, 5.74) is 0. The first-order valence-corrected chi connectivity index (χ1v) is 6.46. The van der Waals surface area contributed by atoms with Crippen molar-refractivity contribution in [3.05, 3.63) is 0 Å². The van der Waals surface area contributed by atoms with Crippen LogP contribution in [0.5, 0.6) is 0 Å². The van der Waals surface area contributed by atoms with Gasteiger partial charge in [-0.25, -0.2) is 4.79 Å². The summed E-state index contributed by atoms with van der Waals surface area (Å²) < 4.78 is 10.2. The topological polar surface area (TPSA) is 88.1 Å². The first-order chi connectivity index (χ1) is 9.11. The molecule has 2 rings (SSSR count). The maximum absolute atomic E-state index is 12.0. The quantitative estimate of drug-likeness (QED) is 0.737. The third-order valence-electron chi connectivity index (χ3n) is 3.68. The molecule has 0 radical (unpaired) electrons. The van der Waals surface area contributed by atoms with Crippen molar-refractivity contribution in [1.29, 1.82) is 0 Å². The second kappa shape index (κ2) is 6.21. The smallest absolute Gasteiger partial charge is 0.317 e. The molecule has 0 aromatic carbocycles. The highest BCUT2D eigenvalue weighted by atomic mass is 16.5. The predicted octanol–water partition coefficient (Wildman–Crippen LogP) is -0.236. The molecular weight excluding hydrogens is 252 g/mol. The number of ether oxygens (including phenoxy) is 2. The van der Waals surface area contributed by atoms with Gasteiger partial charge in [-0.15, -0.1) is 0 Å². The Bertz CT molecular complexity index is 349. The lowest BCUT2D eigenvalue weighted by Gasteiger charge is -2.22. The third kappa shape index (κ3) is 3.36. The summed E-state index contributed by atoms with van der Waals surface area (Å²) in [5.74, 6) is -1.21. The van der Waals surface area contributed by atoms with Crippen LogP contribution in [0.2, 0.25) is 0 Å². The Hall–Kier alpha value is -1.34. The number of carboxylic acids is 1. The van der Waals surface area contributed by atoms with Gasteiger partial charge in [0, 0.05) is 26.1 Å². The average Bonchev–Trinajstić information content (AvgIpc) is 2.98. The summed E-state index contributed by atoms with van der Waals surface area (Å²) in [5, 5.41) is 11.8. The van der Waals surface area contributed by atoms with Crippen molar-refractivity contribution in [2.45, 2.75) is 12.5 Å². The van der Waals surface area contributed by atoms with Crippen molar-refractivity contribution >= 4 is 12.0 Å². The van der Waals surface area contributed by atoms with Gasteiger partial charge in [-0.2, -0.15) is 0 Å². The summed E-state index contributed by atoms with van der Waals surface area (Å²) in [4.78, 5) is 24.7. The fourth-order valence-corrected chi connectivity index (χ4v) is 2.58. The van der Waals surface area contributed by atoms with Crippen molar-refractivity contribution in [3.8, 4) is 0 Å². The highest BCUT2D eigenvalue weighted by Gasteiger charge is 2.36. The molecule has 2 saturated heterocycles. The number of hydrogen-bond donors (Lipinski definition) is 2. The number of amides is 2. The van der Waals surface area contributed by atoms with Crippen molar-refractivity contribution in [1.82, 2.24) is 10.2 Å². The van der Waals surface area contributed by atoms with E-state index in [-0.39, 0.29) is 19.2 Å². The van der Waals surface area contributed by atoms with Gasteiger partial charge in [0.05, 0.1) is 25.9 Å². The minimum absolute atomic E-state index is 0.159. The molecule has 0 aromatic rings. The maximum atomic E-state index is 12.0. The number of urea groups is 1. The fraction of sp³-hybridized carbons (Fsp3) is 0.833. The Balaban J connectivity index is 1.83. The fourth-order valence-electron chi connectivity index (χ4n) is 2.58. The Kier molecular flexibility index (Phi) is 4.60. The minimum Gasteiger partial charge on any atom is -0.481 e. The number of carbonyl (C=O) groups excluding carboxylic acids is 1. The number of nitrogens with one attached hydrogen (secondary N) is 1. The van der Waals surface area contributed by atoms with E-state index in [4.69, 9.17) is 14.6 Å². The standard InChI is InChI=1S/C12H20N2O5/c1-18-5-8-2-3-14(4-8)12(17)13-10-7-19-6-9(10)11(15)16/h8-10H,2-7H2,1H3,(H,13,17)(H,15,16). The molecule has 2 fully saturated rings. The van der Waals surface area contributed by atoms with E-state index in [0.29, 0.717) is 25.6 Å². The number of methoxy groups -OCH3 is 1. The molecule has 2 heterocycles. The summed E-state index contributed by atoms with van der Waals surface area (Å²) in [6, 6.07) is -0.646. The molecule has 2 aliphatic heterocycles. The second-order valence-electron chi connectivity index (χ2n) is 5.09. The van der Waals surface area contributed by atoms with E-state index in [1.54, 1.807) is 12.0 Å². The maximum Gasteiger partial charge on any atom is 0.317 e. The Morgan fingerprint density at radius 3 is 2.95 bits per heavy atom. The first-order valence-electron chi connectivity index (χ1n) is 6.46. The van der Waals surface area contributed by atoms with Crippen LogP contribution in [0.15, 0.2) is 0 Å². The summed E-state index contributed by atoms with van der Waals surface area (Å²) in [6.45, 7) is 2.41. The van der Waals surface area contributed by atoms with E-state index in [9.17, 15) is 9.59 Å². The van der Waals surface area contributed by atoms with Crippen LogP contribution >= 0.6 is 0 Å². The van der Waals surface area contributed by atoms with Crippen LogP contribution in [-0.4, -0.2) is 68.1 Å². The Morgan fingerprint density at radius 2 is 2.26 bits per heavy atom. The molecule has 2 N–H and O–H groups in total. The molecule has 7 nitrogen and oxygen atoms in total. The zero-order chi connectivity index (χ0) is 13.8. The van der Waals surface area contributed by atoms with Gasteiger partial charge >= 0.3 is 12.0 Å². The molecule has 0 spiro atoms. The van der Waals surface area contributed by atoms with E-state index in [1.165, 1.54) is 0 Å². The van der Waals surface area contributed by atoms with E-state index in [1.807, 2.05) is 0 Å². The monoisotopic (exact) mass is 272 g/mol. The first kappa shape index (κ1) is 14.1. The van der Waals surface area contributed by atoms with Gasteiger partial charge < -0.3 is 24.8 Å². The van der Waals surface area contributed by atoms with Gasteiger partial charge in [-0.1, -0.05) is 0 Å². The van der Waals surface area contributed by atoms with Crippen molar-refractivity contribution in [2.75, 3.05) is 40.0 Å². The zero-order valence-electron chi connectivity index (χ0n) is 11.0. The molecule has 0 bridgehead atoms. The van der Waals surface area contributed by atoms with Crippen molar-refractivity contribution in [3.63, 3.8) is 0 Å². The zero-order valence-corrected chi connectivity index (χ0v) is 11.0. The Morgan fingerprint density at radius 1 is 1.47 bits per heavy atom. The summed E-state index contributed by atoms with van der Waals surface area (Å²) >= 11 is 0. The number of carbonyl (C=O) groups is 2. The van der Waals surface area contributed by atoms with E-state index in [0.717, 1.165) is 6.42 Å². The van der Waals surface area contributed by atoms with E-state index < -0.39 is 17.9 Å². The molecular formula is C12H20N2O5. The molecule has 3 unspecified atom stereocenters. The number of hydrogen-bond acceptors (Lipinski definition) is 4. The van der Waals surface area contributed by atoms with E-state index >= 15 is 0 Å². The average molecular weight is 272 g/mol. The van der Waals surface area contributed by atoms with Gasteiger partial charge in [0.2, 0.25) is 0 Å². The highest BCUT2D eigenvalue weighted by molar-refractivity contribution is 5.77. The molecule has 19 heavy (non-hydrogen) atoms. The number of aliphatic carboxylic acids is 1. The highest BCUT2D eigenvalue weighted by Crippen LogP contribution is 2.18. The van der Waals surface area contributed by atoms with Gasteiger partial charge in [0.1, 0.15) is 5.92 Å². The third-order valence-corrected chi connectivity index (χ3v) is 3.68. The van der Waals surface area contributed by atoms with Crippen molar-refractivity contribution < 1.29 is 24.2 Å². The van der Waals surface area contributed by atoms with Gasteiger partial charge in [-0.05, 0) is 6.42 Å². The van der Waals surface area contributed by atoms with Crippen molar-refractivity contribution in [2.24, 2.45) is 11.8 Å². The normalized spacial score (nSPS) is 30.6. The van der Waals surface area contributed by atoms with Gasteiger partial charge in [-0.3, -0.25) is 4.79 Å². The molecule has 0 saturated carbocycles. The van der Waals surface area contributed by atoms with Crippen LogP contribution in [0.1, 0.15) is 6.42 Å².